The molecule has 4 aromatic rings. The molecular formula is C29H20Cl2FNO3. The first-order valence-electron chi connectivity index (χ1n) is 11.3. The molecule has 3 aromatic carbocycles. The van der Waals surface area contributed by atoms with Crippen molar-refractivity contribution in [2.24, 2.45) is 0 Å². The fourth-order valence-corrected chi connectivity index (χ4v) is 4.67. The van der Waals surface area contributed by atoms with Gasteiger partial charge < -0.3 is 9.84 Å². The summed E-state index contributed by atoms with van der Waals surface area (Å²) in [5, 5.41) is 10.4. The van der Waals surface area contributed by atoms with E-state index in [9.17, 15) is 9.18 Å². The van der Waals surface area contributed by atoms with E-state index >= 15 is 0 Å². The van der Waals surface area contributed by atoms with E-state index in [0.717, 1.165) is 27.8 Å². The molecule has 36 heavy (non-hydrogen) atoms. The van der Waals surface area contributed by atoms with Crippen molar-refractivity contribution in [3.8, 4) is 0 Å². The second kappa shape index (κ2) is 10.2. The van der Waals surface area contributed by atoms with Gasteiger partial charge in [0, 0.05) is 16.0 Å². The van der Waals surface area contributed by atoms with Crippen LogP contribution in [0.4, 0.5) is 4.39 Å². The van der Waals surface area contributed by atoms with Crippen molar-refractivity contribution < 1.29 is 19.0 Å². The van der Waals surface area contributed by atoms with Gasteiger partial charge in [0.05, 0.1) is 29.3 Å². The van der Waals surface area contributed by atoms with Gasteiger partial charge in [-0.05, 0) is 58.7 Å². The Morgan fingerprint density at radius 1 is 1.00 bits per heavy atom. The molecule has 0 fully saturated rings. The van der Waals surface area contributed by atoms with Gasteiger partial charge in [0.25, 0.3) is 0 Å². The number of carboxylic acids is 1. The van der Waals surface area contributed by atoms with E-state index in [2.05, 4.69) is 4.98 Å². The Hall–Kier alpha value is -3.51. The minimum absolute atomic E-state index is 0.0304. The minimum Gasteiger partial charge on any atom is -0.481 e. The minimum atomic E-state index is -0.926. The van der Waals surface area contributed by atoms with Gasteiger partial charge in [-0.1, -0.05) is 71.8 Å². The van der Waals surface area contributed by atoms with Crippen molar-refractivity contribution in [2.75, 3.05) is 6.61 Å². The number of ether oxygens (including phenoxy) is 1. The Bertz CT molecular complexity index is 1550. The standard InChI is InChI=1S/C29H20Cl2FNO3/c30-23-3-1-2-19-8-7-18-6-4-17(14-22(18)29(28(19)23)36-13-12-27(34)35)5-10-21-11-9-20-15-25(32)24(31)16-26(20)33-21/h1-11,14-16,29H,12-13H2,(H,34,35)/b10-5+. The summed E-state index contributed by atoms with van der Waals surface area (Å²) in [4.78, 5) is 15.7. The summed E-state index contributed by atoms with van der Waals surface area (Å²) >= 11 is 12.5. The van der Waals surface area contributed by atoms with Gasteiger partial charge in [-0.2, -0.15) is 0 Å². The van der Waals surface area contributed by atoms with Gasteiger partial charge in [-0.15, -0.1) is 0 Å². The zero-order valence-electron chi connectivity index (χ0n) is 18.9. The van der Waals surface area contributed by atoms with Crippen molar-refractivity contribution in [3.63, 3.8) is 0 Å². The molecule has 0 saturated heterocycles. The number of rotatable bonds is 6. The number of hydrogen-bond acceptors (Lipinski definition) is 3. The van der Waals surface area contributed by atoms with E-state index in [-0.39, 0.29) is 18.1 Å². The number of aliphatic carboxylic acids is 1. The fraction of sp³-hybridized carbons (Fsp3) is 0.103. The molecule has 0 aliphatic heterocycles. The SMILES string of the molecule is O=C(O)CCOC1c2cc(/C=C/c3ccc4cc(F)c(Cl)cc4n3)ccc2C=Cc2cccc(Cl)c21. The van der Waals surface area contributed by atoms with Gasteiger partial charge in [0.2, 0.25) is 0 Å². The zero-order chi connectivity index (χ0) is 25.2. The second-order valence-corrected chi connectivity index (χ2v) is 9.20. The van der Waals surface area contributed by atoms with E-state index in [1.807, 2.05) is 60.7 Å². The maximum Gasteiger partial charge on any atom is 0.305 e. The van der Waals surface area contributed by atoms with Gasteiger partial charge in [0.15, 0.2) is 0 Å². The number of halogens is 3. The Kier molecular flexibility index (Phi) is 6.88. The average Bonchev–Trinajstić information content (AvgIpc) is 3.01. The third-order valence-corrected chi connectivity index (χ3v) is 6.60. The van der Waals surface area contributed by atoms with Crippen molar-refractivity contribution in [1.82, 2.24) is 4.98 Å². The van der Waals surface area contributed by atoms with Crippen molar-refractivity contribution in [3.05, 3.63) is 110 Å². The maximum atomic E-state index is 13.7. The van der Waals surface area contributed by atoms with Crippen LogP contribution in [-0.4, -0.2) is 22.7 Å². The molecule has 1 aliphatic rings. The molecule has 5 rings (SSSR count). The van der Waals surface area contributed by atoms with Crippen LogP contribution in [0, 0.1) is 5.82 Å². The van der Waals surface area contributed by atoms with Crippen LogP contribution < -0.4 is 0 Å². The van der Waals surface area contributed by atoms with E-state index in [1.165, 1.54) is 12.1 Å². The molecular weight excluding hydrogens is 500 g/mol. The summed E-state index contributed by atoms with van der Waals surface area (Å²) in [7, 11) is 0. The van der Waals surface area contributed by atoms with Crippen LogP contribution in [0.2, 0.25) is 10.0 Å². The first-order chi connectivity index (χ1) is 17.4. The molecule has 0 saturated carbocycles. The predicted octanol–water partition coefficient (Wildman–Crippen LogP) is 7.92. The van der Waals surface area contributed by atoms with Gasteiger partial charge in [0.1, 0.15) is 11.9 Å². The smallest absolute Gasteiger partial charge is 0.305 e. The maximum absolute atomic E-state index is 13.7. The highest BCUT2D eigenvalue weighted by Crippen LogP contribution is 2.40. The van der Waals surface area contributed by atoms with Crippen molar-refractivity contribution >= 4 is 64.4 Å². The Labute approximate surface area is 217 Å². The Balaban J connectivity index is 1.50. The van der Waals surface area contributed by atoms with E-state index in [4.69, 9.17) is 33.0 Å². The molecule has 0 bridgehead atoms. The number of aromatic nitrogens is 1. The highest BCUT2D eigenvalue weighted by molar-refractivity contribution is 6.32. The molecule has 1 unspecified atom stereocenters. The number of fused-ring (bicyclic) bond motifs is 3. The van der Waals surface area contributed by atoms with Gasteiger partial charge >= 0.3 is 5.97 Å². The second-order valence-electron chi connectivity index (χ2n) is 8.39. The summed E-state index contributed by atoms with van der Waals surface area (Å²) in [6.07, 6.45) is 7.15. The average molecular weight is 520 g/mol. The number of nitrogens with zero attached hydrogens (tertiary/aromatic N) is 1. The summed E-state index contributed by atoms with van der Waals surface area (Å²) < 4.78 is 19.8. The molecule has 180 valence electrons. The van der Waals surface area contributed by atoms with Crippen LogP contribution >= 0.6 is 23.2 Å². The third-order valence-electron chi connectivity index (χ3n) is 5.98. The quantitative estimate of drug-likeness (QED) is 0.281. The Morgan fingerprint density at radius 2 is 1.83 bits per heavy atom. The number of carbonyl (C=O) groups is 1. The third kappa shape index (κ3) is 5.05. The molecule has 4 nitrogen and oxygen atoms in total. The van der Waals surface area contributed by atoms with E-state index in [1.54, 1.807) is 12.1 Å². The molecule has 1 N–H and O–H groups in total. The summed E-state index contributed by atoms with van der Waals surface area (Å²) in [5.41, 5.74) is 5.78. The number of hydrogen-bond donors (Lipinski definition) is 1. The summed E-state index contributed by atoms with van der Waals surface area (Å²) in [5.74, 6) is -1.40. The lowest BCUT2D eigenvalue weighted by Crippen LogP contribution is -2.12. The summed E-state index contributed by atoms with van der Waals surface area (Å²) in [6.45, 7) is 0.0499. The van der Waals surface area contributed by atoms with Crippen LogP contribution in [-0.2, 0) is 9.53 Å². The van der Waals surface area contributed by atoms with E-state index < -0.39 is 17.9 Å². The fourth-order valence-electron chi connectivity index (χ4n) is 4.23. The lowest BCUT2D eigenvalue weighted by molar-refractivity contribution is -0.138. The largest absolute Gasteiger partial charge is 0.481 e. The Morgan fingerprint density at radius 3 is 2.67 bits per heavy atom. The van der Waals surface area contributed by atoms with Crippen molar-refractivity contribution in [1.29, 1.82) is 0 Å². The van der Waals surface area contributed by atoms with Crippen LogP contribution in [0.3, 0.4) is 0 Å². The van der Waals surface area contributed by atoms with Gasteiger partial charge in [-0.3, -0.25) is 4.79 Å². The molecule has 1 aromatic heterocycles. The summed E-state index contributed by atoms with van der Waals surface area (Å²) in [6, 6.07) is 18.1. The molecule has 1 atom stereocenters. The van der Waals surface area contributed by atoms with Crippen LogP contribution in [0.15, 0.2) is 60.7 Å². The normalized spacial score (nSPS) is 14.6. The van der Waals surface area contributed by atoms with Crippen LogP contribution in [0.5, 0.6) is 0 Å². The van der Waals surface area contributed by atoms with Crippen molar-refractivity contribution in [2.45, 2.75) is 12.5 Å². The topological polar surface area (TPSA) is 59.4 Å². The number of carboxylic acid groups (broad SMARTS) is 1. The first-order valence-corrected chi connectivity index (χ1v) is 12.0. The molecule has 0 amide bonds. The molecule has 0 spiro atoms. The van der Waals surface area contributed by atoms with E-state index in [0.29, 0.717) is 21.6 Å². The zero-order valence-corrected chi connectivity index (χ0v) is 20.4. The molecule has 1 aliphatic carbocycles. The molecule has 1 heterocycles. The highest BCUT2D eigenvalue weighted by atomic mass is 35.5. The molecule has 7 heteroatoms. The highest BCUT2D eigenvalue weighted by Gasteiger charge is 2.25. The first kappa shape index (κ1) is 24.2. The molecule has 0 radical (unpaired) electrons. The van der Waals surface area contributed by atoms with Gasteiger partial charge in [-0.25, -0.2) is 9.37 Å². The number of pyridine rings is 1. The van der Waals surface area contributed by atoms with Crippen LogP contribution in [0.1, 0.15) is 46.0 Å². The monoisotopic (exact) mass is 519 g/mol. The number of benzene rings is 3. The lowest BCUT2D eigenvalue weighted by Gasteiger charge is -2.22. The van der Waals surface area contributed by atoms with Crippen LogP contribution in [0.25, 0.3) is 35.2 Å². The predicted molar refractivity (Wildman–Crippen MR) is 143 cm³/mol. The lowest BCUT2D eigenvalue weighted by atomic mass is 9.94.